The van der Waals surface area contributed by atoms with Crippen LogP contribution in [0.5, 0.6) is 0 Å². The van der Waals surface area contributed by atoms with Crippen molar-refractivity contribution in [3.8, 4) is 44.5 Å². The molecule has 0 bridgehead atoms. The van der Waals surface area contributed by atoms with Crippen molar-refractivity contribution in [2.45, 2.75) is 24.7 Å². The smallest absolute Gasteiger partial charge is 0.0727 e. The Balaban J connectivity index is 1.21. The lowest BCUT2D eigenvalue weighted by Gasteiger charge is -2.33. The first-order valence-electron chi connectivity index (χ1n) is 21.0. The predicted octanol–water partition coefficient (Wildman–Crippen LogP) is 15.8. The summed E-state index contributed by atoms with van der Waals surface area (Å²) in [5, 5.41) is 2.59. The Bertz CT molecular complexity index is 3360. The highest BCUT2D eigenvalue weighted by molar-refractivity contribution is 7.26. The van der Waals surface area contributed by atoms with E-state index in [1.807, 2.05) is 11.3 Å². The molecule has 13 rings (SSSR count). The molecule has 0 amide bonds. The molecule has 60 heavy (non-hydrogen) atoms. The summed E-state index contributed by atoms with van der Waals surface area (Å²) in [4.78, 5) is 2.60. The molecule has 0 radical (unpaired) electrons. The molecule has 0 unspecified atom stereocenters. The molecule has 10 aromatic rings. The van der Waals surface area contributed by atoms with E-state index in [4.69, 9.17) is 0 Å². The Morgan fingerprint density at radius 3 is 1.70 bits per heavy atom. The molecule has 3 aliphatic rings. The summed E-state index contributed by atoms with van der Waals surface area (Å²) in [6, 6.07) is 75.4. The van der Waals surface area contributed by atoms with E-state index >= 15 is 0 Å². The van der Waals surface area contributed by atoms with Gasteiger partial charge in [-0.15, -0.1) is 11.3 Å². The molecule has 282 valence electrons. The number of benzene rings is 9. The van der Waals surface area contributed by atoms with Crippen LogP contribution in [0.2, 0.25) is 0 Å². The molecule has 1 nitrogen and oxygen atoms in total. The third-order valence-electron chi connectivity index (χ3n) is 13.9. The van der Waals surface area contributed by atoms with Gasteiger partial charge in [0, 0.05) is 42.5 Å². The molecule has 1 heterocycles. The third kappa shape index (κ3) is 4.36. The van der Waals surface area contributed by atoms with Crippen LogP contribution in [0.4, 0.5) is 17.1 Å². The minimum Gasteiger partial charge on any atom is -0.309 e. The fraction of sp³-hybridized carbons (Fsp3) is 0.0690. The Kier molecular flexibility index (Phi) is 6.94. The van der Waals surface area contributed by atoms with E-state index in [2.05, 4.69) is 219 Å². The Hall–Kier alpha value is -7.00. The van der Waals surface area contributed by atoms with Crippen molar-refractivity contribution in [2.75, 3.05) is 4.90 Å². The molecule has 0 N–H and O–H groups in total. The molecular weight excluding hydrogens is 743 g/mol. The van der Waals surface area contributed by atoms with E-state index in [0.717, 1.165) is 5.69 Å². The van der Waals surface area contributed by atoms with Crippen molar-refractivity contribution in [1.82, 2.24) is 0 Å². The van der Waals surface area contributed by atoms with Gasteiger partial charge in [-0.05, 0) is 115 Å². The first-order valence-corrected chi connectivity index (χ1v) is 21.8. The number of fused-ring (bicyclic) bond motifs is 16. The summed E-state index contributed by atoms with van der Waals surface area (Å²) in [5.74, 6) is 0. The number of para-hydroxylation sites is 1. The zero-order valence-electron chi connectivity index (χ0n) is 33.4. The van der Waals surface area contributed by atoms with Gasteiger partial charge in [-0.2, -0.15) is 0 Å². The SMILES string of the molecule is CC1(C)c2ccccc2-c2ccc(N(c3ccccc3)c3c4c(cc5sc6ccccc6c35)C3(c5ccccc5-c5ccccc53)c3cc(-c5ccccc5)ccc3-4)cc21. The Morgan fingerprint density at radius 2 is 0.967 bits per heavy atom. The minimum absolute atomic E-state index is 0.144. The molecule has 0 saturated carbocycles. The quantitative estimate of drug-likeness (QED) is 0.172. The number of thiophene rings is 1. The first kappa shape index (κ1) is 33.9. The molecule has 0 saturated heterocycles. The average Bonchev–Trinajstić information content (AvgIpc) is 3.99. The topological polar surface area (TPSA) is 3.24 Å². The molecule has 9 aromatic carbocycles. The third-order valence-corrected chi connectivity index (χ3v) is 15.0. The standard InChI is InChI=1S/C58H39NS/c1-57(2)46-25-13-9-21-40(46)43-32-30-39(34-49(43)57)59(38-19-7-4-8-20-38)56-54-44-31-29-37(36-17-5-3-6-18-36)33-50(44)58(47-26-14-10-22-41(47)42-23-11-15-27-48(42)58)51(54)35-53-55(56)45-24-12-16-28-52(45)60-53/h3-35H,1-2H3. The van der Waals surface area contributed by atoms with Crippen LogP contribution in [0.1, 0.15) is 47.2 Å². The van der Waals surface area contributed by atoms with Gasteiger partial charge in [-0.25, -0.2) is 0 Å². The van der Waals surface area contributed by atoms with E-state index in [0.29, 0.717) is 0 Å². The van der Waals surface area contributed by atoms with Gasteiger partial charge in [0.2, 0.25) is 0 Å². The van der Waals surface area contributed by atoms with Gasteiger partial charge < -0.3 is 4.90 Å². The largest absolute Gasteiger partial charge is 0.309 e. The highest BCUT2D eigenvalue weighted by Crippen LogP contribution is 2.67. The summed E-state index contributed by atoms with van der Waals surface area (Å²) >= 11 is 1.92. The molecule has 0 aliphatic heterocycles. The molecular formula is C58H39NS. The Morgan fingerprint density at radius 1 is 0.383 bits per heavy atom. The van der Waals surface area contributed by atoms with Crippen LogP contribution >= 0.6 is 11.3 Å². The molecule has 1 aromatic heterocycles. The monoisotopic (exact) mass is 781 g/mol. The van der Waals surface area contributed by atoms with Crippen LogP contribution in [-0.2, 0) is 10.8 Å². The molecule has 1 spiro atoms. The molecule has 2 heteroatoms. The number of hydrogen-bond acceptors (Lipinski definition) is 2. The van der Waals surface area contributed by atoms with Gasteiger partial charge in [0.15, 0.2) is 0 Å². The maximum absolute atomic E-state index is 2.60. The first-order chi connectivity index (χ1) is 29.5. The van der Waals surface area contributed by atoms with Crippen molar-refractivity contribution in [3.05, 3.63) is 234 Å². The number of hydrogen-bond donors (Lipinski definition) is 0. The summed E-state index contributed by atoms with van der Waals surface area (Å²) in [5.41, 5.74) is 21.4. The van der Waals surface area contributed by atoms with Crippen LogP contribution in [-0.4, -0.2) is 0 Å². The lowest BCUT2D eigenvalue weighted by atomic mass is 9.70. The van der Waals surface area contributed by atoms with Crippen LogP contribution in [0.15, 0.2) is 200 Å². The van der Waals surface area contributed by atoms with E-state index in [9.17, 15) is 0 Å². The van der Waals surface area contributed by atoms with Crippen LogP contribution in [0.25, 0.3) is 64.7 Å². The van der Waals surface area contributed by atoms with Gasteiger partial charge in [0.25, 0.3) is 0 Å². The Labute approximate surface area is 354 Å². The van der Waals surface area contributed by atoms with Gasteiger partial charge in [0.1, 0.15) is 0 Å². The summed E-state index contributed by atoms with van der Waals surface area (Å²) < 4.78 is 2.61. The van der Waals surface area contributed by atoms with Crippen molar-refractivity contribution >= 4 is 48.6 Å². The van der Waals surface area contributed by atoms with E-state index in [1.165, 1.54) is 109 Å². The number of anilines is 3. The van der Waals surface area contributed by atoms with Crippen molar-refractivity contribution in [3.63, 3.8) is 0 Å². The molecule has 0 atom stereocenters. The fourth-order valence-electron chi connectivity index (χ4n) is 11.3. The second kappa shape index (κ2) is 12.3. The van der Waals surface area contributed by atoms with Crippen LogP contribution < -0.4 is 4.90 Å². The average molecular weight is 782 g/mol. The van der Waals surface area contributed by atoms with Crippen LogP contribution in [0.3, 0.4) is 0 Å². The van der Waals surface area contributed by atoms with Gasteiger partial charge in [-0.1, -0.05) is 172 Å². The summed E-state index contributed by atoms with van der Waals surface area (Å²) in [6.07, 6.45) is 0. The van der Waals surface area contributed by atoms with Crippen molar-refractivity contribution in [2.24, 2.45) is 0 Å². The highest BCUT2D eigenvalue weighted by atomic mass is 32.1. The zero-order chi connectivity index (χ0) is 39.7. The van der Waals surface area contributed by atoms with Crippen molar-refractivity contribution in [1.29, 1.82) is 0 Å². The normalized spacial score (nSPS) is 14.4. The van der Waals surface area contributed by atoms with Crippen molar-refractivity contribution < 1.29 is 0 Å². The maximum atomic E-state index is 2.60. The van der Waals surface area contributed by atoms with Gasteiger partial charge in [0.05, 0.1) is 11.1 Å². The minimum atomic E-state index is -0.522. The zero-order valence-corrected chi connectivity index (χ0v) is 34.2. The van der Waals surface area contributed by atoms with Crippen LogP contribution in [0, 0.1) is 0 Å². The second-order valence-corrected chi connectivity index (χ2v) is 18.2. The summed E-state index contributed by atoms with van der Waals surface area (Å²) in [6.45, 7) is 4.77. The number of nitrogens with zero attached hydrogens (tertiary/aromatic N) is 1. The highest BCUT2D eigenvalue weighted by Gasteiger charge is 2.53. The second-order valence-electron chi connectivity index (χ2n) is 17.2. The molecule has 0 fully saturated rings. The van der Waals surface area contributed by atoms with Gasteiger partial charge in [-0.3, -0.25) is 0 Å². The van der Waals surface area contributed by atoms with E-state index in [-0.39, 0.29) is 5.41 Å². The van der Waals surface area contributed by atoms with Gasteiger partial charge >= 0.3 is 0 Å². The lowest BCUT2D eigenvalue weighted by Crippen LogP contribution is -2.26. The molecule has 3 aliphatic carbocycles. The van der Waals surface area contributed by atoms with E-state index in [1.54, 1.807) is 0 Å². The van der Waals surface area contributed by atoms with E-state index < -0.39 is 5.41 Å². The summed E-state index contributed by atoms with van der Waals surface area (Å²) in [7, 11) is 0. The lowest BCUT2D eigenvalue weighted by molar-refractivity contribution is 0.660. The predicted molar refractivity (Wildman–Crippen MR) is 253 cm³/mol. The maximum Gasteiger partial charge on any atom is 0.0727 e. The number of rotatable bonds is 4. The fourth-order valence-corrected chi connectivity index (χ4v) is 12.5.